The van der Waals surface area contributed by atoms with Crippen molar-refractivity contribution in [2.24, 2.45) is 17.8 Å². The summed E-state index contributed by atoms with van der Waals surface area (Å²) in [5.41, 5.74) is 2.10. The number of ether oxygens (including phenoxy) is 2. The highest BCUT2D eigenvalue weighted by molar-refractivity contribution is 7.90. The van der Waals surface area contributed by atoms with Crippen molar-refractivity contribution in [1.29, 1.82) is 0 Å². The first kappa shape index (κ1) is 32.5. The number of halogens is 1. The molecule has 1 fully saturated rings. The van der Waals surface area contributed by atoms with Crippen LogP contribution in [0.5, 0.6) is 5.75 Å². The molecular weight excluding hydrogens is 600 g/mol. The summed E-state index contributed by atoms with van der Waals surface area (Å²) in [6.45, 7) is 7.38. The smallest absolute Gasteiger partial charge is 0.264 e. The maximum atomic E-state index is 13.4. The van der Waals surface area contributed by atoms with Crippen molar-refractivity contribution in [1.82, 2.24) is 4.72 Å². The Morgan fingerprint density at radius 1 is 1.14 bits per heavy atom. The molecule has 238 valence electrons. The molecule has 2 aromatic rings. The summed E-state index contributed by atoms with van der Waals surface area (Å²) >= 11 is 6.32. The molecule has 0 spiro atoms. The van der Waals surface area contributed by atoms with Crippen LogP contribution in [0, 0.1) is 17.8 Å². The molecule has 2 heterocycles. The van der Waals surface area contributed by atoms with Crippen molar-refractivity contribution < 1.29 is 27.5 Å². The summed E-state index contributed by atoms with van der Waals surface area (Å²) in [5.74, 6) is -0.214. The van der Waals surface area contributed by atoms with Gasteiger partial charge in [-0.25, -0.2) is 13.1 Å². The minimum atomic E-state index is -3.98. The van der Waals surface area contributed by atoms with E-state index in [1.54, 1.807) is 25.1 Å². The maximum Gasteiger partial charge on any atom is 0.264 e. The fourth-order valence-electron chi connectivity index (χ4n) is 6.68. The Balaban J connectivity index is 1.59. The largest absolute Gasteiger partial charge is 0.487 e. The topological polar surface area (TPSA) is 102 Å². The summed E-state index contributed by atoms with van der Waals surface area (Å²) < 4.78 is 41.5. The van der Waals surface area contributed by atoms with E-state index < -0.39 is 26.8 Å². The van der Waals surface area contributed by atoms with Crippen LogP contribution in [0.25, 0.3) is 0 Å². The van der Waals surface area contributed by atoms with Crippen LogP contribution in [-0.2, 0) is 32.6 Å². The summed E-state index contributed by atoms with van der Waals surface area (Å²) in [7, 11) is -3.98. The van der Waals surface area contributed by atoms with Crippen LogP contribution in [0.3, 0.4) is 0 Å². The molecule has 5 atom stereocenters. The first-order valence-electron chi connectivity index (χ1n) is 15.7. The first-order chi connectivity index (χ1) is 21.1. The third-order valence-electron chi connectivity index (χ3n) is 9.68. The molecule has 0 aromatic heterocycles. The number of nitrogens with one attached hydrogen (secondary N) is 1. The minimum Gasteiger partial charge on any atom is -0.487 e. The van der Waals surface area contributed by atoms with Crippen LogP contribution < -0.4 is 14.4 Å². The zero-order chi connectivity index (χ0) is 31.5. The third-order valence-corrected chi connectivity index (χ3v) is 11.8. The van der Waals surface area contributed by atoms with Gasteiger partial charge in [0.2, 0.25) is 10.0 Å². The number of anilines is 1. The van der Waals surface area contributed by atoms with E-state index in [2.05, 4.69) is 9.62 Å². The van der Waals surface area contributed by atoms with Crippen molar-refractivity contribution in [2.75, 3.05) is 24.6 Å². The number of hydrogen-bond donors (Lipinski definition) is 1. The van der Waals surface area contributed by atoms with Gasteiger partial charge in [0.15, 0.2) is 6.29 Å². The quantitative estimate of drug-likeness (QED) is 0.319. The van der Waals surface area contributed by atoms with Crippen LogP contribution >= 0.6 is 11.6 Å². The predicted octanol–water partition coefficient (Wildman–Crippen LogP) is 6.11. The number of hydrogen-bond acceptors (Lipinski definition) is 7. The number of carbonyl (C=O) groups excluding carboxylic acids is 2. The maximum absolute atomic E-state index is 13.4. The Morgan fingerprint density at radius 2 is 1.95 bits per heavy atom. The molecule has 0 saturated heterocycles. The number of sulfonamides is 1. The van der Waals surface area contributed by atoms with E-state index in [1.807, 2.05) is 44.2 Å². The molecule has 1 aliphatic carbocycles. The van der Waals surface area contributed by atoms with E-state index in [-0.39, 0.29) is 23.3 Å². The van der Waals surface area contributed by atoms with E-state index >= 15 is 0 Å². The van der Waals surface area contributed by atoms with Gasteiger partial charge in [0.1, 0.15) is 18.0 Å². The number of benzene rings is 2. The molecule has 1 saturated carbocycles. The monoisotopic (exact) mass is 642 g/mol. The van der Waals surface area contributed by atoms with Crippen LogP contribution in [0.4, 0.5) is 5.69 Å². The molecule has 10 heteroatoms. The van der Waals surface area contributed by atoms with Gasteiger partial charge in [-0.3, -0.25) is 9.59 Å². The zero-order valence-corrected chi connectivity index (χ0v) is 27.3. The van der Waals surface area contributed by atoms with Crippen LogP contribution in [0.15, 0.2) is 48.6 Å². The van der Waals surface area contributed by atoms with E-state index in [4.69, 9.17) is 21.1 Å². The Kier molecular flexibility index (Phi) is 10.1. The summed E-state index contributed by atoms with van der Waals surface area (Å²) in [6.07, 6.45) is 9.53. The van der Waals surface area contributed by atoms with Crippen LogP contribution in [0.2, 0.25) is 5.02 Å². The predicted molar refractivity (Wildman–Crippen MR) is 173 cm³/mol. The number of carbonyl (C=O) groups is 2. The lowest BCUT2D eigenvalue weighted by atomic mass is 9.64. The molecule has 3 aliphatic rings. The van der Waals surface area contributed by atoms with E-state index in [9.17, 15) is 18.0 Å². The Bertz CT molecular complexity index is 1510. The molecule has 2 aromatic carbocycles. The highest BCUT2D eigenvalue weighted by atomic mass is 35.5. The molecule has 2 bridgehead atoms. The summed E-state index contributed by atoms with van der Waals surface area (Å²) in [5, 5.41) is -0.149. The first-order valence-corrected chi connectivity index (χ1v) is 17.6. The average Bonchev–Trinajstić information content (AvgIpc) is 3.01. The summed E-state index contributed by atoms with van der Waals surface area (Å²) in [4.78, 5) is 28.4. The van der Waals surface area contributed by atoms with Gasteiger partial charge in [-0.1, -0.05) is 30.7 Å². The van der Waals surface area contributed by atoms with Crippen LogP contribution in [0.1, 0.15) is 74.4 Å². The van der Waals surface area contributed by atoms with Gasteiger partial charge < -0.3 is 14.4 Å². The SMILES string of the molecule is CCO[C@]1(C=O)/C=C/C[C@H](C)[C@@H](C)S(=O)(=O)NC(=O)c2ccc3c(c2)N(CCCCc2cc(Cl)ccc2CO3)C[C@@H]2CC[C@H]21. The van der Waals surface area contributed by atoms with E-state index in [1.165, 1.54) is 0 Å². The highest BCUT2D eigenvalue weighted by Gasteiger charge is 2.48. The minimum absolute atomic E-state index is 0.0269. The van der Waals surface area contributed by atoms with E-state index in [0.29, 0.717) is 43.5 Å². The van der Waals surface area contributed by atoms with Gasteiger partial charge in [-0.2, -0.15) is 0 Å². The Labute approximate surface area is 266 Å². The van der Waals surface area contributed by atoms with Crippen molar-refractivity contribution in [3.63, 3.8) is 0 Å². The molecule has 1 amide bonds. The lowest BCUT2D eigenvalue weighted by molar-refractivity contribution is -0.140. The third kappa shape index (κ3) is 6.85. The fraction of sp³-hybridized carbons (Fsp3) is 0.529. The standard InChI is InChI=1S/C34H43ClN2O6S/c1-4-43-34(22-38)16-7-8-23(2)24(3)44(40,41)36-33(39)26-12-15-32-31(19-26)37(20-27-11-14-30(27)34)17-6-5-9-25-18-29(35)13-10-28(25)21-42-32/h7,10,12-13,15-16,18-19,22-24,27,30H,4-6,8-9,11,14,17,20-21H2,1-3H3,(H,36,39)/b16-7+/t23-,24+,27-,30+,34-/m0/s1. The summed E-state index contributed by atoms with van der Waals surface area (Å²) in [6, 6.07) is 11.0. The molecule has 5 rings (SSSR count). The zero-order valence-electron chi connectivity index (χ0n) is 25.8. The number of aldehydes is 1. The van der Waals surface area contributed by atoms with Crippen molar-refractivity contribution >= 4 is 39.5 Å². The lowest BCUT2D eigenvalue weighted by Gasteiger charge is -2.48. The molecule has 1 N–H and O–H groups in total. The number of aryl methyl sites for hydroxylation is 1. The molecule has 0 radical (unpaired) electrons. The molecule has 0 unspecified atom stereocenters. The Morgan fingerprint density at radius 3 is 2.68 bits per heavy atom. The lowest BCUT2D eigenvalue weighted by Crippen LogP contribution is -2.52. The molecule has 8 nitrogen and oxygen atoms in total. The van der Waals surface area contributed by atoms with Crippen molar-refractivity contribution in [2.45, 2.75) is 76.8 Å². The van der Waals surface area contributed by atoms with Gasteiger partial charge >= 0.3 is 0 Å². The van der Waals surface area contributed by atoms with Gasteiger partial charge in [-0.15, -0.1) is 0 Å². The average molecular weight is 643 g/mol. The van der Waals surface area contributed by atoms with Gasteiger partial charge in [0.05, 0.1) is 10.9 Å². The second-order valence-corrected chi connectivity index (χ2v) is 14.9. The number of amides is 1. The normalized spacial score (nSPS) is 29.8. The van der Waals surface area contributed by atoms with Gasteiger partial charge in [0, 0.05) is 36.2 Å². The number of nitrogens with zero attached hydrogens (tertiary/aromatic N) is 1. The number of rotatable bonds is 3. The fourth-order valence-corrected chi connectivity index (χ4v) is 8.16. The second-order valence-electron chi connectivity index (χ2n) is 12.4. The highest BCUT2D eigenvalue weighted by Crippen LogP contribution is 2.46. The van der Waals surface area contributed by atoms with Gasteiger partial charge in [-0.05, 0) is 112 Å². The molecule has 2 aliphatic heterocycles. The molecular formula is C34H43ClN2O6S. The van der Waals surface area contributed by atoms with Crippen LogP contribution in [-0.4, -0.2) is 51.2 Å². The second kappa shape index (κ2) is 13.6. The van der Waals surface area contributed by atoms with Crippen molar-refractivity contribution in [3.05, 3.63) is 70.3 Å². The van der Waals surface area contributed by atoms with E-state index in [0.717, 1.165) is 55.2 Å². The molecule has 44 heavy (non-hydrogen) atoms. The Hall–Kier alpha value is -2.88. The van der Waals surface area contributed by atoms with Crippen molar-refractivity contribution in [3.8, 4) is 5.75 Å². The number of allylic oxidation sites excluding steroid dienone is 1. The number of fused-ring (bicyclic) bond motifs is 3. The van der Waals surface area contributed by atoms with Gasteiger partial charge in [0.25, 0.3) is 5.91 Å².